The van der Waals surface area contributed by atoms with Gasteiger partial charge in [0.2, 0.25) is 0 Å². The monoisotopic (exact) mass is 228 g/mol. The van der Waals surface area contributed by atoms with Crippen molar-refractivity contribution in [3.63, 3.8) is 0 Å². The summed E-state index contributed by atoms with van der Waals surface area (Å²) in [5.74, 6) is 0.911. The molecule has 17 heavy (non-hydrogen) atoms. The quantitative estimate of drug-likeness (QED) is 0.870. The fourth-order valence-electron chi connectivity index (χ4n) is 1.69. The first-order valence-corrected chi connectivity index (χ1v) is 5.63. The summed E-state index contributed by atoms with van der Waals surface area (Å²) in [5.41, 5.74) is 3.62. The van der Waals surface area contributed by atoms with Crippen LogP contribution in [0.1, 0.15) is 16.7 Å². The number of phenols is 1. The highest BCUT2D eigenvalue weighted by atomic mass is 16.5. The molecule has 0 aliphatic carbocycles. The number of aromatic hydroxyl groups is 1. The molecule has 0 spiro atoms. The average molecular weight is 228 g/mol. The van der Waals surface area contributed by atoms with Gasteiger partial charge in [0, 0.05) is 6.07 Å². The van der Waals surface area contributed by atoms with E-state index in [1.54, 1.807) is 18.2 Å². The molecule has 0 radical (unpaired) electrons. The van der Waals surface area contributed by atoms with Gasteiger partial charge in [-0.1, -0.05) is 29.8 Å². The molecule has 2 aromatic rings. The highest BCUT2D eigenvalue weighted by molar-refractivity contribution is 5.33. The third-order valence-corrected chi connectivity index (χ3v) is 2.72. The van der Waals surface area contributed by atoms with Gasteiger partial charge in [-0.3, -0.25) is 0 Å². The van der Waals surface area contributed by atoms with Crippen molar-refractivity contribution in [2.45, 2.75) is 20.5 Å². The Labute approximate surface area is 101 Å². The maximum Gasteiger partial charge on any atom is 0.123 e. The van der Waals surface area contributed by atoms with Gasteiger partial charge in [0.05, 0.1) is 0 Å². The smallest absolute Gasteiger partial charge is 0.123 e. The lowest BCUT2D eigenvalue weighted by molar-refractivity contribution is 0.303. The van der Waals surface area contributed by atoms with Crippen LogP contribution >= 0.6 is 0 Å². The molecule has 2 heteroatoms. The largest absolute Gasteiger partial charge is 0.508 e. The molecule has 2 aromatic carbocycles. The summed E-state index contributed by atoms with van der Waals surface area (Å²) in [5, 5.41) is 9.33. The van der Waals surface area contributed by atoms with Gasteiger partial charge in [0.1, 0.15) is 18.1 Å². The Kier molecular flexibility index (Phi) is 3.33. The SMILES string of the molecule is Cc1ccc(C)c(COc2cccc(O)c2)c1. The molecule has 0 aliphatic heterocycles. The van der Waals surface area contributed by atoms with E-state index in [1.165, 1.54) is 16.7 Å². The third kappa shape index (κ3) is 3.00. The molecule has 2 rings (SSSR count). The first-order chi connectivity index (χ1) is 8.15. The zero-order valence-corrected chi connectivity index (χ0v) is 10.1. The molecule has 0 atom stereocenters. The van der Waals surface area contributed by atoms with E-state index in [4.69, 9.17) is 4.74 Å². The van der Waals surface area contributed by atoms with E-state index >= 15 is 0 Å². The number of benzene rings is 2. The zero-order chi connectivity index (χ0) is 12.3. The van der Waals surface area contributed by atoms with Gasteiger partial charge < -0.3 is 9.84 Å². The zero-order valence-electron chi connectivity index (χ0n) is 10.1. The maximum absolute atomic E-state index is 9.33. The number of hydrogen-bond donors (Lipinski definition) is 1. The minimum Gasteiger partial charge on any atom is -0.508 e. The van der Waals surface area contributed by atoms with E-state index in [-0.39, 0.29) is 5.75 Å². The minimum absolute atomic E-state index is 0.225. The Balaban J connectivity index is 2.09. The van der Waals surface area contributed by atoms with Crippen LogP contribution < -0.4 is 4.74 Å². The topological polar surface area (TPSA) is 29.5 Å². The Bertz CT molecular complexity index is 518. The van der Waals surface area contributed by atoms with E-state index in [0.29, 0.717) is 12.4 Å². The average Bonchev–Trinajstić information content (AvgIpc) is 2.30. The fourth-order valence-corrected chi connectivity index (χ4v) is 1.69. The second kappa shape index (κ2) is 4.91. The lowest BCUT2D eigenvalue weighted by Crippen LogP contribution is -1.98. The summed E-state index contributed by atoms with van der Waals surface area (Å²) in [7, 11) is 0. The summed E-state index contributed by atoms with van der Waals surface area (Å²) >= 11 is 0. The van der Waals surface area contributed by atoms with Crippen molar-refractivity contribution in [3.8, 4) is 11.5 Å². The normalized spacial score (nSPS) is 10.2. The van der Waals surface area contributed by atoms with E-state index in [0.717, 1.165) is 0 Å². The number of phenolic OH excluding ortho intramolecular Hbond substituents is 1. The Morgan fingerprint density at radius 2 is 1.88 bits per heavy atom. The number of ether oxygens (including phenoxy) is 1. The van der Waals surface area contributed by atoms with Crippen molar-refractivity contribution in [3.05, 3.63) is 59.2 Å². The highest BCUT2D eigenvalue weighted by Gasteiger charge is 2.01. The second-order valence-corrected chi connectivity index (χ2v) is 4.22. The molecule has 0 saturated carbocycles. The van der Waals surface area contributed by atoms with Crippen LogP contribution in [0.4, 0.5) is 0 Å². The van der Waals surface area contributed by atoms with Crippen LogP contribution in [0.25, 0.3) is 0 Å². The van der Waals surface area contributed by atoms with Crippen LogP contribution in [0.5, 0.6) is 11.5 Å². The summed E-state index contributed by atoms with van der Waals surface area (Å²) in [4.78, 5) is 0. The van der Waals surface area contributed by atoms with Crippen LogP contribution in [-0.4, -0.2) is 5.11 Å². The van der Waals surface area contributed by atoms with Crippen molar-refractivity contribution >= 4 is 0 Å². The molecule has 0 fully saturated rings. The second-order valence-electron chi connectivity index (χ2n) is 4.22. The van der Waals surface area contributed by atoms with E-state index < -0.39 is 0 Å². The molecule has 2 nitrogen and oxygen atoms in total. The van der Waals surface area contributed by atoms with Crippen molar-refractivity contribution in [1.29, 1.82) is 0 Å². The lowest BCUT2D eigenvalue weighted by atomic mass is 10.1. The molecule has 0 amide bonds. The summed E-state index contributed by atoms with van der Waals surface area (Å²) in [6.07, 6.45) is 0. The predicted molar refractivity (Wildman–Crippen MR) is 68.4 cm³/mol. The molecule has 0 bridgehead atoms. The standard InChI is InChI=1S/C15H16O2/c1-11-6-7-12(2)13(8-11)10-17-15-5-3-4-14(16)9-15/h3-9,16H,10H2,1-2H3. The van der Waals surface area contributed by atoms with Gasteiger partial charge >= 0.3 is 0 Å². The predicted octanol–water partition coefficient (Wildman–Crippen LogP) is 3.59. The molecule has 1 N–H and O–H groups in total. The molecule has 0 unspecified atom stereocenters. The van der Waals surface area contributed by atoms with Gasteiger partial charge in [0.25, 0.3) is 0 Å². The van der Waals surface area contributed by atoms with E-state index in [1.807, 2.05) is 6.07 Å². The van der Waals surface area contributed by atoms with Gasteiger partial charge in [-0.05, 0) is 37.1 Å². The van der Waals surface area contributed by atoms with Crippen LogP contribution in [0.3, 0.4) is 0 Å². The van der Waals surface area contributed by atoms with Crippen molar-refractivity contribution in [2.24, 2.45) is 0 Å². The fraction of sp³-hybridized carbons (Fsp3) is 0.200. The van der Waals surface area contributed by atoms with Crippen molar-refractivity contribution in [1.82, 2.24) is 0 Å². The van der Waals surface area contributed by atoms with Crippen LogP contribution in [0.2, 0.25) is 0 Å². The van der Waals surface area contributed by atoms with Crippen LogP contribution in [-0.2, 0) is 6.61 Å². The Morgan fingerprint density at radius 3 is 2.65 bits per heavy atom. The number of rotatable bonds is 3. The molecular weight excluding hydrogens is 212 g/mol. The first-order valence-electron chi connectivity index (χ1n) is 5.63. The number of hydrogen-bond acceptors (Lipinski definition) is 2. The number of aryl methyl sites for hydroxylation is 2. The summed E-state index contributed by atoms with van der Waals surface area (Å²) in [6, 6.07) is 13.2. The van der Waals surface area contributed by atoms with E-state index in [2.05, 4.69) is 32.0 Å². The molecular formula is C15H16O2. The van der Waals surface area contributed by atoms with Crippen LogP contribution in [0, 0.1) is 13.8 Å². The Morgan fingerprint density at radius 1 is 1.06 bits per heavy atom. The van der Waals surface area contributed by atoms with Gasteiger partial charge in [0.15, 0.2) is 0 Å². The van der Waals surface area contributed by atoms with Gasteiger partial charge in [-0.25, -0.2) is 0 Å². The van der Waals surface area contributed by atoms with Crippen molar-refractivity contribution in [2.75, 3.05) is 0 Å². The van der Waals surface area contributed by atoms with E-state index in [9.17, 15) is 5.11 Å². The maximum atomic E-state index is 9.33. The minimum atomic E-state index is 0.225. The molecule has 88 valence electrons. The Hall–Kier alpha value is -1.96. The summed E-state index contributed by atoms with van der Waals surface area (Å²) in [6.45, 7) is 4.66. The first kappa shape index (κ1) is 11.5. The lowest BCUT2D eigenvalue weighted by Gasteiger charge is -2.09. The molecule has 0 aromatic heterocycles. The summed E-state index contributed by atoms with van der Waals surface area (Å²) < 4.78 is 5.65. The van der Waals surface area contributed by atoms with Gasteiger partial charge in [-0.15, -0.1) is 0 Å². The molecule has 0 heterocycles. The molecule has 0 saturated heterocycles. The van der Waals surface area contributed by atoms with Crippen LogP contribution in [0.15, 0.2) is 42.5 Å². The van der Waals surface area contributed by atoms with Crippen molar-refractivity contribution < 1.29 is 9.84 Å². The third-order valence-electron chi connectivity index (χ3n) is 2.72. The van der Waals surface area contributed by atoms with Gasteiger partial charge in [-0.2, -0.15) is 0 Å². The molecule has 0 aliphatic rings. The highest BCUT2D eigenvalue weighted by Crippen LogP contribution is 2.20.